The number of rotatable bonds is 11. The molecule has 0 radical (unpaired) electrons. The minimum absolute atomic E-state index is 0.244. The highest BCUT2D eigenvalue weighted by Crippen LogP contribution is 2.08. The molecule has 24 heavy (non-hydrogen) atoms. The lowest BCUT2D eigenvalue weighted by molar-refractivity contribution is -0.129. The summed E-state index contributed by atoms with van der Waals surface area (Å²) in [5, 5.41) is 6.48. The number of likely N-dealkylation sites (N-methyl/N-ethyl adjacent to an activating group) is 1. The van der Waals surface area contributed by atoms with E-state index in [0.717, 1.165) is 71.1 Å². The quantitative estimate of drug-likeness (QED) is 0.326. The molecular formula is C17H35N5O2. The Morgan fingerprint density at radius 2 is 2.00 bits per heavy atom. The predicted octanol–water partition coefficient (Wildman–Crippen LogP) is 0.522. The molecule has 0 aromatic carbocycles. The van der Waals surface area contributed by atoms with Crippen LogP contribution in [0.25, 0.3) is 0 Å². The first kappa shape index (κ1) is 20.7. The summed E-state index contributed by atoms with van der Waals surface area (Å²) < 4.78 is 5.06. The third-order valence-corrected chi connectivity index (χ3v) is 4.07. The first-order chi connectivity index (χ1) is 11.7. The van der Waals surface area contributed by atoms with Crippen LogP contribution in [0.2, 0.25) is 0 Å². The summed E-state index contributed by atoms with van der Waals surface area (Å²) in [7, 11) is 3.83. The minimum Gasteiger partial charge on any atom is -0.385 e. The molecule has 0 aromatic heterocycles. The van der Waals surface area contributed by atoms with Crippen molar-refractivity contribution < 1.29 is 9.53 Å². The van der Waals surface area contributed by atoms with Gasteiger partial charge in [-0.2, -0.15) is 0 Å². The third kappa shape index (κ3) is 9.08. The second-order valence-electron chi connectivity index (χ2n) is 6.17. The standard InChI is InChI=1S/C17H35N5O2/c1-4-18-17(20-10-14-21(2)11-7-15-24-3)19-9-8-16(23)22-12-5-6-13-22/h4-15H2,1-3H3,(H2,18,19,20). The largest absolute Gasteiger partial charge is 0.385 e. The van der Waals surface area contributed by atoms with E-state index >= 15 is 0 Å². The molecule has 7 nitrogen and oxygen atoms in total. The number of likely N-dealkylation sites (tertiary alicyclic amines) is 1. The molecule has 140 valence electrons. The zero-order valence-electron chi connectivity index (χ0n) is 15.6. The summed E-state index contributed by atoms with van der Waals surface area (Å²) in [5.41, 5.74) is 0. The number of carbonyl (C=O) groups is 1. The second-order valence-corrected chi connectivity index (χ2v) is 6.17. The average Bonchev–Trinajstić information content (AvgIpc) is 3.09. The maximum absolute atomic E-state index is 12.0. The summed E-state index contributed by atoms with van der Waals surface area (Å²) in [5.74, 6) is 1.03. The van der Waals surface area contributed by atoms with Crippen LogP contribution in [0.4, 0.5) is 0 Å². The molecular weight excluding hydrogens is 306 g/mol. The van der Waals surface area contributed by atoms with Gasteiger partial charge in [-0.15, -0.1) is 0 Å². The molecule has 1 rings (SSSR count). The fraction of sp³-hybridized carbons (Fsp3) is 0.882. The highest BCUT2D eigenvalue weighted by Gasteiger charge is 2.17. The number of methoxy groups -OCH3 is 1. The maximum atomic E-state index is 12.0. The molecule has 2 N–H and O–H groups in total. The number of carbonyl (C=O) groups excluding carboxylic acids is 1. The molecule has 7 heteroatoms. The van der Waals surface area contributed by atoms with E-state index in [1.165, 1.54) is 0 Å². The van der Waals surface area contributed by atoms with Crippen LogP contribution < -0.4 is 10.6 Å². The van der Waals surface area contributed by atoms with E-state index in [0.29, 0.717) is 13.0 Å². The van der Waals surface area contributed by atoms with Crippen molar-refractivity contribution in [3.8, 4) is 0 Å². The molecule has 0 aliphatic carbocycles. The number of nitrogens with one attached hydrogen (secondary N) is 2. The van der Waals surface area contributed by atoms with Gasteiger partial charge in [-0.25, -0.2) is 0 Å². The SMILES string of the molecule is CCNC(=NCCN(C)CCCOC)NCCC(=O)N1CCCC1. The molecule has 1 aliphatic heterocycles. The molecule has 0 aromatic rings. The van der Waals surface area contributed by atoms with Gasteiger partial charge < -0.3 is 25.2 Å². The van der Waals surface area contributed by atoms with Crippen molar-refractivity contribution in [1.29, 1.82) is 0 Å². The van der Waals surface area contributed by atoms with Crippen molar-refractivity contribution >= 4 is 11.9 Å². The van der Waals surface area contributed by atoms with Crippen molar-refractivity contribution in [3.63, 3.8) is 0 Å². The van der Waals surface area contributed by atoms with Crippen LogP contribution in [0, 0.1) is 0 Å². The van der Waals surface area contributed by atoms with Gasteiger partial charge in [0.1, 0.15) is 0 Å². The van der Waals surface area contributed by atoms with Gasteiger partial charge in [-0.3, -0.25) is 9.79 Å². The number of hydrogen-bond donors (Lipinski definition) is 2. The molecule has 0 spiro atoms. The summed E-state index contributed by atoms with van der Waals surface area (Å²) in [6.07, 6.45) is 3.84. The topological polar surface area (TPSA) is 69.2 Å². The van der Waals surface area contributed by atoms with Crippen molar-refractivity contribution in [2.24, 2.45) is 4.99 Å². The Bertz CT molecular complexity index is 370. The van der Waals surface area contributed by atoms with E-state index < -0.39 is 0 Å². The molecule has 0 unspecified atom stereocenters. The molecule has 0 bridgehead atoms. The van der Waals surface area contributed by atoms with Crippen LogP contribution in [0.1, 0.15) is 32.6 Å². The molecule has 1 aliphatic rings. The number of amides is 1. The summed E-state index contributed by atoms with van der Waals surface area (Å²) in [6.45, 7) is 8.78. The van der Waals surface area contributed by atoms with E-state index in [1.54, 1.807) is 7.11 Å². The Labute approximate surface area is 146 Å². The van der Waals surface area contributed by atoms with Gasteiger partial charge >= 0.3 is 0 Å². The van der Waals surface area contributed by atoms with Crippen molar-refractivity contribution in [2.75, 3.05) is 66.6 Å². The smallest absolute Gasteiger partial charge is 0.224 e. The van der Waals surface area contributed by atoms with E-state index in [4.69, 9.17) is 4.74 Å². The Kier molecular flexibility index (Phi) is 11.2. The Balaban J connectivity index is 2.22. The van der Waals surface area contributed by atoms with E-state index in [1.807, 2.05) is 11.8 Å². The maximum Gasteiger partial charge on any atom is 0.224 e. The number of aliphatic imine (C=N–C) groups is 1. The lowest BCUT2D eigenvalue weighted by atomic mass is 10.3. The fourth-order valence-electron chi connectivity index (χ4n) is 2.68. The first-order valence-corrected chi connectivity index (χ1v) is 9.14. The van der Waals surface area contributed by atoms with Gasteiger partial charge in [0.15, 0.2) is 5.96 Å². The summed E-state index contributed by atoms with van der Waals surface area (Å²) in [4.78, 5) is 20.8. The molecule has 0 atom stereocenters. The Hall–Kier alpha value is -1.34. The van der Waals surface area contributed by atoms with Gasteiger partial charge in [-0.05, 0) is 33.2 Å². The Morgan fingerprint density at radius 1 is 1.25 bits per heavy atom. The number of ether oxygens (including phenoxy) is 1. The predicted molar refractivity (Wildman–Crippen MR) is 98.4 cm³/mol. The van der Waals surface area contributed by atoms with E-state index in [2.05, 4.69) is 27.6 Å². The van der Waals surface area contributed by atoms with Crippen molar-refractivity contribution in [3.05, 3.63) is 0 Å². The van der Waals surface area contributed by atoms with Crippen LogP contribution in [-0.4, -0.2) is 88.2 Å². The minimum atomic E-state index is 0.244. The number of guanidine groups is 1. The van der Waals surface area contributed by atoms with Crippen LogP contribution >= 0.6 is 0 Å². The monoisotopic (exact) mass is 341 g/mol. The zero-order valence-corrected chi connectivity index (χ0v) is 15.6. The normalized spacial score (nSPS) is 15.2. The Morgan fingerprint density at radius 3 is 2.67 bits per heavy atom. The molecule has 0 saturated carbocycles. The molecule has 1 saturated heterocycles. The van der Waals surface area contributed by atoms with Gasteiger partial charge in [0.2, 0.25) is 5.91 Å². The molecule has 1 heterocycles. The molecule has 1 amide bonds. The van der Waals surface area contributed by atoms with Gasteiger partial charge in [-0.1, -0.05) is 0 Å². The first-order valence-electron chi connectivity index (χ1n) is 9.14. The number of nitrogens with zero attached hydrogens (tertiary/aromatic N) is 3. The van der Waals surface area contributed by atoms with Crippen molar-refractivity contribution in [2.45, 2.75) is 32.6 Å². The highest BCUT2D eigenvalue weighted by atomic mass is 16.5. The number of hydrogen-bond acceptors (Lipinski definition) is 4. The van der Waals surface area contributed by atoms with E-state index in [-0.39, 0.29) is 5.91 Å². The summed E-state index contributed by atoms with van der Waals surface area (Å²) >= 11 is 0. The van der Waals surface area contributed by atoms with Gasteiger partial charge in [0.05, 0.1) is 6.54 Å². The van der Waals surface area contributed by atoms with Crippen LogP contribution in [-0.2, 0) is 9.53 Å². The van der Waals surface area contributed by atoms with Gasteiger partial charge in [0.25, 0.3) is 0 Å². The lowest BCUT2D eigenvalue weighted by Gasteiger charge is -2.17. The van der Waals surface area contributed by atoms with E-state index in [9.17, 15) is 4.79 Å². The average molecular weight is 342 g/mol. The second kappa shape index (κ2) is 13.0. The van der Waals surface area contributed by atoms with Crippen LogP contribution in [0.5, 0.6) is 0 Å². The third-order valence-electron chi connectivity index (χ3n) is 4.07. The van der Waals surface area contributed by atoms with Crippen LogP contribution in [0.3, 0.4) is 0 Å². The van der Waals surface area contributed by atoms with Gasteiger partial charge in [0, 0.05) is 59.4 Å². The van der Waals surface area contributed by atoms with Crippen molar-refractivity contribution in [1.82, 2.24) is 20.4 Å². The van der Waals surface area contributed by atoms with Crippen LogP contribution in [0.15, 0.2) is 4.99 Å². The lowest BCUT2D eigenvalue weighted by Crippen LogP contribution is -2.40. The zero-order chi connectivity index (χ0) is 17.6. The fourth-order valence-corrected chi connectivity index (χ4v) is 2.68. The molecule has 1 fully saturated rings. The highest BCUT2D eigenvalue weighted by molar-refractivity contribution is 5.81. The summed E-state index contributed by atoms with van der Waals surface area (Å²) in [6, 6.07) is 0.